The summed E-state index contributed by atoms with van der Waals surface area (Å²) < 4.78 is 5.86. The van der Waals surface area contributed by atoms with Crippen LogP contribution < -0.4 is 10.2 Å². The Balaban J connectivity index is 1.58. The van der Waals surface area contributed by atoms with Crippen molar-refractivity contribution >= 4 is 11.9 Å². The van der Waals surface area contributed by atoms with Crippen molar-refractivity contribution in [2.75, 3.05) is 38.7 Å². The standard InChI is InChI=1S/C18H29N5O2/c1-18(16(24)21-15-6-4-5-7-15)13-23(8-9-25-18)12-14-10-19-17(20-11-14)22(2)3/h10-11,15H,4-9,12-13H2,1-3H3,(H,21,24)/t18-/m0/s1. The molecule has 0 unspecified atom stereocenters. The summed E-state index contributed by atoms with van der Waals surface area (Å²) in [6, 6.07) is 0.315. The molecule has 138 valence electrons. The summed E-state index contributed by atoms with van der Waals surface area (Å²) in [6.07, 6.45) is 8.29. The molecule has 2 heterocycles. The first-order chi connectivity index (χ1) is 12.0. The number of carbonyl (C=O) groups is 1. The summed E-state index contributed by atoms with van der Waals surface area (Å²) >= 11 is 0. The molecule has 0 aromatic carbocycles. The van der Waals surface area contributed by atoms with Crippen LogP contribution in [0.5, 0.6) is 0 Å². The molecule has 7 heteroatoms. The van der Waals surface area contributed by atoms with Crippen LogP contribution >= 0.6 is 0 Å². The van der Waals surface area contributed by atoms with E-state index < -0.39 is 5.60 Å². The molecule has 1 atom stereocenters. The van der Waals surface area contributed by atoms with Crippen molar-refractivity contribution < 1.29 is 9.53 Å². The third-order valence-corrected chi connectivity index (χ3v) is 5.02. The molecule has 25 heavy (non-hydrogen) atoms. The molecule has 1 saturated heterocycles. The van der Waals surface area contributed by atoms with E-state index in [1.165, 1.54) is 12.8 Å². The van der Waals surface area contributed by atoms with Crippen LogP contribution in [0.1, 0.15) is 38.2 Å². The largest absolute Gasteiger partial charge is 0.363 e. The Hall–Kier alpha value is -1.73. The van der Waals surface area contributed by atoms with E-state index in [-0.39, 0.29) is 5.91 Å². The highest BCUT2D eigenvalue weighted by Crippen LogP contribution is 2.23. The lowest BCUT2D eigenvalue weighted by Gasteiger charge is -2.39. The Bertz CT molecular complexity index is 586. The van der Waals surface area contributed by atoms with Gasteiger partial charge in [0.2, 0.25) is 5.95 Å². The maximum atomic E-state index is 12.7. The molecular formula is C18H29N5O2. The summed E-state index contributed by atoms with van der Waals surface area (Å²) in [7, 11) is 3.84. The highest BCUT2D eigenvalue weighted by atomic mass is 16.5. The Morgan fingerprint density at radius 3 is 2.68 bits per heavy atom. The Labute approximate surface area is 149 Å². The number of morpholine rings is 1. The Morgan fingerprint density at radius 1 is 1.36 bits per heavy atom. The zero-order valence-corrected chi connectivity index (χ0v) is 15.5. The Kier molecular flexibility index (Phi) is 5.54. The van der Waals surface area contributed by atoms with E-state index in [2.05, 4.69) is 20.2 Å². The molecule has 1 aromatic heterocycles. The molecule has 1 saturated carbocycles. The minimum atomic E-state index is -0.786. The summed E-state index contributed by atoms with van der Waals surface area (Å²) in [5, 5.41) is 3.17. The van der Waals surface area contributed by atoms with E-state index in [0.717, 1.165) is 31.5 Å². The number of hydrogen-bond donors (Lipinski definition) is 1. The monoisotopic (exact) mass is 347 g/mol. The number of nitrogens with one attached hydrogen (secondary N) is 1. The number of aromatic nitrogens is 2. The van der Waals surface area contributed by atoms with E-state index >= 15 is 0 Å². The average molecular weight is 347 g/mol. The van der Waals surface area contributed by atoms with Gasteiger partial charge in [0.05, 0.1) is 6.61 Å². The molecule has 3 rings (SSSR count). The predicted octanol–water partition coefficient (Wildman–Crippen LogP) is 1.19. The van der Waals surface area contributed by atoms with Crippen molar-refractivity contribution in [3.63, 3.8) is 0 Å². The predicted molar refractivity (Wildman–Crippen MR) is 96.4 cm³/mol. The average Bonchev–Trinajstić information content (AvgIpc) is 3.08. The molecule has 1 aromatic rings. The number of carbonyl (C=O) groups excluding carboxylic acids is 1. The summed E-state index contributed by atoms with van der Waals surface area (Å²) in [5.74, 6) is 0.717. The maximum absolute atomic E-state index is 12.7. The second kappa shape index (κ2) is 7.66. The first-order valence-electron chi connectivity index (χ1n) is 9.12. The number of anilines is 1. The fraction of sp³-hybridized carbons (Fsp3) is 0.722. The van der Waals surface area contributed by atoms with E-state index in [1.807, 2.05) is 38.3 Å². The fourth-order valence-electron chi connectivity index (χ4n) is 3.55. The van der Waals surface area contributed by atoms with Gasteiger partial charge in [0.25, 0.3) is 5.91 Å². The third kappa shape index (κ3) is 4.46. The van der Waals surface area contributed by atoms with Gasteiger partial charge in [0, 0.05) is 57.7 Å². The third-order valence-electron chi connectivity index (χ3n) is 5.02. The van der Waals surface area contributed by atoms with Crippen molar-refractivity contribution in [1.82, 2.24) is 20.2 Å². The first-order valence-corrected chi connectivity index (χ1v) is 9.12. The number of hydrogen-bond acceptors (Lipinski definition) is 6. The van der Waals surface area contributed by atoms with Crippen LogP contribution in [0.15, 0.2) is 12.4 Å². The maximum Gasteiger partial charge on any atom is 0.253 e. The number of amides is 1. The Morgan fingerprint density at radius 2 is 2.04 bits per heavy atom. The van der Waals surface area contributed by atoms with Crippen molar-refractivity contribution in [2.45, 2.75) is 50.8 Å². The number of nitrogens with zero attached hydrogens (tertiary/aromatic N) is 4. The van der Waals surface area contributed by atoms with E-state index in [0.29, 0.717) is 25.1 Å². The molecule has 1 N–H and O–H groups in total. The van der Waals surface area contributed by atoms with Crippen LogP contribution in [0, 0.1) is 0 Å². The van der Waals surface area contributed by atoms with Gasteiger partial charge >= 0.3 is 0 Å². The highest BCUT2D eigenvalue weighted by Gasteiger charge is 2.40. The molecule has 0 bridgehead atoms. The van der Waals surface area contributed by atoms with E-state index in [1.54, 1.807) is 0 Å². The SMILES string of the molecule is CN(C)c1ncc(CN2CCO[C@](C)(C(=O)NC3CCCC3)C2)cn1. The minimum absolute atomic E-state index is 0.0169. The molecule has 1 aliphatic heterocycles. The minimum Gasteiger partial charge on any atom is -0.363 e. The van der Waals surface area contributed by atoms with Gasteiger partial charge in [-0.3, -0.25) is 9.69 Å². The highest BCUT2D eigenvalue weighted by molar-refractivity contribution is 5.85. The topological polar surface area (TPSA) is 70.6 Å². The van der Waals surface area contributed by atoms with Gasteiger partial charge in [-0.1, -0.05) is 12.8 Å². The van der Waals surface area contributed by atoms with Crippen LogP contribution in [0.25, 0.3) is 0 Å². The van der Waals surface area contributed by atoms with Gasteiger partial charge in [0.15, 0.2) is 5.60 Å². The lowest BCUT2D eigenvalue weighted by atomic mass is 10.0. The van der Waals surface area contributed by atoms with E-state index in [4.69, 9.17) is 4.74 Å². The molecule has 2 fully saturated rings. The first kappa shape index (κ1) is 18.1. The van der Waals surface area contributed by atoms with Crippen molar-refractivity contribution in [3.05, 3.63) is 18.0 Å². The van der Waals surface area contributed by atoms with Crippen LogP contribution in [0.2, 0.25) is 0 Å². The smallest absolute Gasteiger partial charge is 0.253 e. The zero-order valence-electron chi connectivity index (χ0n) is 15.5. The van der Waals surface area contributed by atoms with Gasteiger partial charge in [-0.05, 0) is 19.8 Å². The van der Waals surface area contributed by atoms with Gasteiger partial charge in [0.1, 0.15) is 0 Å². The van der Waals surface area contributed by atoms with Gasteiger partial charge < -0.3 is 15.0 Å². The molecule has 0 radical (unpaired) electrons. The fourth-order valence-corrected chi connectivity index (χ4v) is 3.55. The summed E-state index contributed by atoms with van der Waals surface area (Å²) in [4.78, 5) is 25.5. The molecule has 2 aliphatic rings. The lowest BCUT2D eigenvalue weighted by Crippen LogP contribution is -2.59. The summed E-state index contributed by atoms with van der Waals surface area (Å²) in [5.41, 5.74) is 0.261. The van der Waals surface area contributed by atoms with Crippen LogP contribution in [-0.2, 0) is 16.1 Å². The number of ether oxygens (including phenoxy) is 1. The van der Waals surface area contributed by atoms with Crippen molar-refractivity contribution in [2.24, 2.45) is 0 Å². The molecule has 7 nitrogen and oxygen atoms in total. The second-order valence-corrected chi connectivity index (χ2v) is 7.53. The van der Waals surface area contributed by atoms with Crippen molar-refractivity contribution in [1.29, 1.82) is 0 Å². The molecular weight excluding hydrogens is 318 g/mol. The van der Waals surface area contributed by atoms with Gasteiger partial charge in [-0.2, -0.15) is 0 Å². The normalized spacial score (nSPS) is 25.1. The second-order valence-electron chi connectivity index (χ2n) is 7.53. The zero-order chi connectivity index (χ0) is 17.9. The van der Waals surface area contributed by atoms with Crippen LogP contribution in [-0.4, -0.2) is 66.2 Å². The van der Waals surface area contributed by atoms with E-state index in [9.17, 15) is 4.79 Å². The lowest BCUT2D eigenvalue weighted by molar-refractivity contribution is -0.157. The quantitative estimate of drug-likeness (QED) is 0.863. The molecule has 1 amide bonds. The van der Waals surface area contributed by atoms with Gasteiger partial charge in [-0.15, -0.1) is 0 Å². The van der Waals surface area contributed by atoms with Crippen LogP contribution in [0.4, 0.5) is 5.95 Å². The van der Waals surface area contributed by atoms with Crippen LogP contribution in [0.3, 0.4) is 0 Å². The van der Waals surface area contributed by atoms with Gasteiger partial charge in [-0.25, -0.2) is 9.97 Å². The number of rotatable bonds is 5. The molecule has 1 aliphatic carbocycles. The van der Waals surface area contributed by atoms with Crippen molar-refractivity contribution in [3.8, 4) is 0 Å². The summed E-state index contributed by atoms with van der Waals surface area (Å²) in [6.45, 7) is 4.58. The molecule has 0 spiro atoms.